The Morgan fingerprint density at radius 1 is 0.769 bits per heavy atom. The predicted molar refractivity (Wildman–Crippen MR) is 99.1 cm³/mol. The van der Waals surface area contributed by atoms with Gasteiger partial charge in [0.25, 0.3) is 0 Å². The molecule has 1 saturated heterocycles. The van der Waals surface area contributed by atoms with Crippen molar-refractivity contribution in [3.8, 4) is 11.5 Å². The van der Waals surface area contributed by atoms with Crippen molar-refractivity contribution in [2.24, 2.45) is 11.8 Å². The van der Waals surface area contributed by atoms with Crippen molar-refractivity contribution in [3.05, 3.63) is 59.7 Å². The van der Waals surface area contributed by atoms with E-state index in [4.69, 9.17) is 9.47 Å². The highest BCUT2D eigenvalue weighted by molar-refractivity contribution is 6.05. The highest BCUT2D eigenvalue weighted by atomic mass is 16.5. The van der Waals surface area contributed by atoms with Crippen molar-refractivity contribution in [1.82, 2.24) is 4.90 Å². The van der Waals surface area contributed by atoms with Gasteiger partial charge in [0.2, 0.25) is 0 Å². The summed E-state index contributed by atoms with van der Waals surface area (Å²) in [6, 6.07) is 14.1. The predicted octanol–water partition coefficient (Wildman–Crippen LogP) is 2.95. The molecule has 5 heteroatoms. The van der Waals surface area contributed by atoms with E-state index in [1.807, 2.05) is 11.9 Å². The van der Waals surface area contributed by atoms with Gasteiger partial charge in [-0.2, -0.15) is 0 Å². The fourth-order valence-electron chi connectivity index (χ4n) is 3.47. The van der Waals surface area contributed by atoms with Crippen LogP contribution in [0.1, 0.15) is 20.7 Å². The Labute approximate surface area is 153 Å². The molecule has 1 heterocycles. The van der Waals surface area contributed by atoms with Crippen LogP contribution < -0.4 is 9.47 Å². The van der Waals surface area contributed by atoms with Crippen LogP contribution in [0.4, 0.5) is 0 Å². The summed E-state index contributed by atoms with van der Waals surface area (Å²) in [6.07, 6.45) is 0. The van der Waals surface area contributed by atoms with Crippen molar-refractivity contribution in [2.75, 3.05) is 34.4 Å². The maximum Gasteiger partial charge on any atom is 0.168 e. The van der Waals surface area contributed by atoms with Gasteiger partial charge in [-0.15, -0.1) is 0 Å². The first-order valence-electron chi connectivity index (χ1n) is 8.58. The van der Waals surface area contributed by atoms with Gasteiger partial charge in [-0.3, -0.25) is 9.59 Å². The molecule has 1 aliphatic heterocycles. The molecule has 2 atom stereocenters. The summed E-state index contributed by atoms with van der Waals surface area (Å²) in [7, 11) is 5.12. The topological polar surface area (TPSA) is 55.8 Å². The van der Waals surface area contributed by atoms with Gasteiger partial charge in [0.05, 0.1) is 14.2 Å². The van der Waals surface area contributed by atoms with Gasteiger partial charge in [0.15, 0.2) is 11.6 Å². The lowest BCUT2D eigenvalue weighted by Crippen LogP contribution is -2.29. The van der Waals surface area contributed by atoms with Crippen molar-refractivity contribution < 1.29 is 19.1 Å². The van der Waals surface area contributed by atoms with Crippen LogP contribution in [0.25, 0.3) is 0 Å². The van der Waals surface area contributed by atoms with E-state index in [1.54, 1.807) is 62.8 Å². The number of methoxy groups -OCH3 is 2. The van der Waals surface area contributed by atoms with Gasteiger partial charge in [-0.05, 0) is 55.6 Å². The van der Waals surface area contributed by atoms with Crippen molar-refractivity contribution in [1.29, 1.82) is 0 Å². The fraction of sp³-hybridized carbons (Fsp3) is 0.333. The zero-order chi connectivity index (χ0) is 18.7. The van der Waals surface area contributed by atoms with Crippen molar-refractivity contribution in [2.45, 2.75) is 0 Å². The van der Waals surface area contributed by atoms with E-state index in [1.165, 1.54) is 0 Å². The number of ether oxygens (including phenoxy) is 2. The summed E-state index contributed by atoms with van der Waals surface area (Å²) in [5.74, 6) is 0.727. The first kappa shape index (κ1) is 18.1. The number of carbonyl (C=O) groups is 2. The second kappa shape index (κ2) is 7.70. The van der Waals surface area contributed by atoms with Gasteiger partial charge in [0, 0.05) is 36.1 Å². The van der Waals surface area contributed by atoms with Crippen LogP contribution in [0.5, 0.6) is 11.5 Å². The minimum absolute atomic E-state index is 0.00358. The standard InChI is InChI=1S/C21H23NO4/c1-22-12-18(20(23)14-4-8-16(25-2)9-5-14)19(13-22)21(24)15-6-10-17(26-3)11-7-15/h4-11,18-19H,12-13H2,1-3H3/t18-,19+. The number of hydrogen-bond acceptors (Lipinski definition) is 5. The smallest absolute Gasteiger partial charge is 0.168 e. The molecular weight excluding hydrogens is 330 g/mol. The lowest BCUT2D eigenvalue weighted by atomic mass is 9.83. The molecule has 0 spiro atoms. The number of rotatable bonds is 6. The van der Waals surface area contributed by atoms with Gasteiger partial charge in [-0.1, -0.05) is 0 Å². The van der Waals surface area contributed by atoms with E-state index in [9.17, 15) is 9.59 Å². The lowest BCUT2D eigenvalue weighted by molar-refractivity contribution is 0.0809. The molecule has 0 bridgehead atoms. The normalized spacial score (nSPS) is 20.0. The van der Waals surface area contributed by atoms with E-state index >= 15 is 0 Å². The molecular formula is C21H23NO4. The zero-order valence-electron chi connectivity index (χ0n) is 15.3. The Morgan fingerprint density at radius 2 is 1.12 bits per heavy atom. The SMILES string of the molecule is COc1ccc(C(=O)[C@H]2CN(C)C[C@H]2C(=O)c2ccc(OC)cc2)cc1. The van der Waals surface area contributed by atoms with Crippen LogP contribution in [0.15, 0.2) is 48.5 Å². The molecule has 0 saturated carbocycles. The molecule has 2 aromatic carbocycles. The summed E-state index contributed by atoms with van der Waals surface area (Å²) >= 11 is 0. The average molecular weight is 353 g/mol. The molecule has 2 aromatic rings. The highest BCUT2D eigenvalue weighted by Crippen LogP contribution is 2.30. The molecule has 26 heavy (non-hydrogen) atoms. The number of likely N-dealkylation sites (tertiary alicyclic amines) is 1. The molecule has 0 aliphatic carbocycles. The third kappa shape index (κ3) is 3.63. The molecule has 0 amide bonds. The average Bonchev–Trinajstić information content (AvgIpc) is 3.08. The van der Waals surface area contributed by atoms with E-state index < -0.39 is 0 Å². The minimum atomic E-state index is -0.344. The summed E-state index contributed by atoms with van der Waals surface area (Å²) in [4.78, 5) is 28.0. The second-order valence-corrected chi connectivity index (χ2v) is 6.62. The maximum atomic E-state index is 13.0. The zero-order valence-corrected chi connectivity index (χ0v) is 15.3. The molecule has 0 N–H and O–H groups in total. The van der Waals surface area contributed by atoms with Crippen molar-refractivity contribution >= 4 is 11.6 Å². The number of carbonyl (C=O) groups excluding carboxylic acids is 2. The summed E-state index contributed by atoms with van der Waals surface area (Å²) in [6.45, 7) is 1.16. The summed E-state index contributed by atoms with van der Waals surface area (Å²) in [5, 5.41) is 0. The van der Waals surface area contributed by atoms with E-state index in [2.05, 4.69) is 0 Å². The van der Waals surface area contributed by atoms with Gasteiger partial charge in [-0.25, -0.2) is 0 Å². The van der Waals surface area contributed by atoms with Gasteiger partial charge < -0.3 is 14.4 Å². The van der Waals surface area contributed by atoms with Gasteiger partial charge >= 0.3 is 0 Å². The Kier molecular flexibility index (Phi) is 5.38. The van der Waals surface area contributed by atoms with Crippen LogP contribution >= 0.6 is 0 Å². The first-order valence-corrected chi connectivity index (χ1v) is 8.58. The Hall–Kier alpha value is -2.66. The number of benzene rings is 2. The maximum absolute atomic E-state index is 13.0. The van der Waals surface area contributed by atoms with Crippen LogP contribution in [0.2, 0.25) is 0 Å². The number of Topliss-reactive ketones (excluding diaryl/α,β-unsaturated/α-hetero) is 2. The van der Waals surface area contributed by atoms with E-state index in [0.717, 1.165) is 0 Å². The Morgan fingerprint density at radius 3 is 1.42 bits per heavy atom. The molecule has 5 nitrogen and oxygen atoms in total. The largest absolute Gasteiger partial charge is 0.497 e. The molecule has 1 fully saturated rings. The molecule has 0 unspecified atom stereocenters. The van der Waals surface area contributed by atoms with Gasteiger partial charge in [0.1, 0.15) is 11.5 Å². The third-order valence-electron chi connectivity index (χ3n) is 4.93. The van der Waals surface area contributed by atoms with Crippen LogP contribution in [-0.2, 0) is 0 Å². The molecule has 0 aromatic heterocycles. The molecule has 136 valence electrons. The molecule has 3 rings (SSSR count). The van der Waals surface area contributed by atoms with E-state index in [0.29, 0.717) is 35.7 Å². The van der Waals surface area contributed by atoms with Crippen LogP contribution in [0, 0.1) is 11.8 Å². The first-order chi connectivity index (χ1) is 12.5. The van der Waals surface area contributed by atoms with E-state index in [-0.39, 0.29) is 23.4 Å². The Balaban J connectivity index is 1.82. The van der Waals surface area contributed by atoms with Crippen molar-refractivity contribution in [3.63, 3.8) is 0 Å². The lowest BCUT2D eigenvalue weighted by Gasteiger charge is -2.17. The second-order valence-electron chi connectivity index (χ2n) is 6.62. The number of hydrogen-bond donors (Lipinski definition) is 0. The summed E-state index contributed by atoms with van der Waals surface area (Å²) in [5.41, 5.74) is 1.22. The molecule has 1 aliphatic rings. The minimum Gasteiger partial charge on any atom is -0.497 e. The van der Waals surface area contributed by atoms with Crippen LogP contribution in [0.3, 0.4) is 0 Å². The Bertz CT molecular complexity index is 715. The molecule has 0 radical (unpaired) electrons. The highest BCUT2D eigenvalue weighted by Gasteiger charge is 2.40. The summed E-state index contributed by atoms with van der Waals surface area (Å²) < 4.78 is 10.3. The quantitative estimate of drug-likeness (QED) is 0.748. The third-order valence-corrected chi connectivity index (χ3v) is 4.93. The number of ketones is 2. The fourth-order valence-corrected chi connectivity index (χ4v) is 3.47. The number of nitrogens with zero attached hydrogens (tertiary/aromatic N) is 1. The monoisotopic (exact) mass is 353 g/mol. The van der Waals surface area contributed by atoms with Crippen LogP contribution in [-0.4, -0.2) is 50.8 Å².